The van der Waals surface area contributed by atoms with Crippen LogP contribution in [0.3, 0.4) is 0 Å². The quantitative estimate of drug-likeness (QED) is 0.272. The van der Waals surface area contributed by atoms with Gasteiger partial charge in [-0.25, -0.2) is 0 Å². The van der Waals surface area contributed by atoms with Gasteiger partial charge in [-0.1, -0.05) is 83.1 Å². The van der Waals surface area contributed by atoms with E-state index in [1.807, 2.05) is 11.8 Å². The lowest BCUT2D eigenvalue weighted by Crippen LogP contribution is -2.64. The van der Waals surface area contributed by atoms with Crippen molar-refractivity contribution in [3.05, 3.63) is 0 Å². The molecule has 1 rings (SSSR count). The van der Waals surface area contributed by atoms with Crippen LogP contribution in [-0.4, -0.2) is 53.0 Å². The van der Waals surface area contributed by atoms with Crippen LogP contribution in [0, 0.1) is 0 Å². The van der Waals surface area contributed by atoms with Gasteiger partial charge < -0.3 is 13.6 Å². The van der Waals surface area contributed by atoms with E-state index in [1.54, 1.807) is 0 Å². The van der Waals surface area contributed by atoms with E-state index >= 15 is 0 Å². The highest BCUT2D eigenvalue weighted by atomic mass is 32.2. The molecule has 7 heteroatoms. The first-order valence-corrected chi connectivity index (χ1v) is 18.0. The van der Waals surface area contributed by atoms with Crippen molar-refractivity contribution in [2.45, 2.75) is 135 Å². The van der Waals surface area contributed by atoms with E-state index in [-0.39, 0.29) is 6.29 Å². The van der Waals surface area contributed by atoms with Crippen molar-refractivity contribution in [2.75, 3.05) is 12.0 Å². The molecule has 1 aliphatic rings. The van der Waals surface area contributed by atoms with Crippen molar-refractivity contribution in [1.29, 1.82) is 0 Å². The highest BCUT2D eigenvalue weighted by Crippen LogP contribution is 2.49. The smallest absolute Gasteiger partial charge is 0.393 e. The summed E-state index contributed by atoms with van der Waals surface area (Å²) < 4.78 is 16.4. The first-order valence-electron chi connectivity index (χ1n) is 12.2. The molecule has 0 aliphatic carbocycles. The van der Waals surface area contributed by atoms with Crippen molar-refractivity contribution in [3.8, 4) is 0 Å². The Hall–Kier alpha value is 0.729. The Kier molecular flexibility index (Phi) is 11.2. The fraction of sp³-hybridized carbons (Fsp3) is 1.00. The standard InChI is InChI=1S/C23H51BNO2SSi2/c1-16(2)29(17(3)4,18(5)6)25-22(14-15-28-13)23(26-24-25)27-30(19(7)8,20(9)10)21(11)12/h16-23H,14-15H2,1-13H3/t22-,23?/m0/s1. The average Bonchev–Trinajstić information content (AvgIpc) is 2.98. The van der Waals surface area contributed by atoms with E-state index in [2.05, 4.69) is 101 Å². The number of nitrogens with zero attached hydrogens (tertiary/aromatic N) is 1. The van der Waals surface area contributed by atoms with Crippen molar-refractivity contribution in [1.82, 2.24) is 4.48 Å². The molecule has 0 aromatic rings. The number of rotatable bonds is 12. The molecule has 2 atom stereocenters. The second-order valence-electron chi connectivity index (χ2n) is 11.2. The number of hydrogen-bond acceptors (Lipinski definition) is 4. The van der Waals surface area contributed by atoms with E-state index in [9.17, 15) is 0 Å². The molecule has 30 heavy (non-hydrogen) atoms. The van der Waals surface area contributed by atoms with Crippen molar-refractivity contribution in [2.24, 2.45) is 0 Å². The molecule has 0 N–H and O–H groups in total. The lowest BCUT2D eigenvalue weighted by Gasteiger charge is -2.52. The molecule has 0 saturated carbocycles. The molecule has 1 fully saturated rings. The van der Waals surface area contributed by atoms with Crippen LogP contribution in [-0.2, 0) is 9.08 Å². The van der Waals surface area contributed by atoms with Gasteiger partial charge in [-0.3, -0.25) is 0 Å². The highest BCUT2D eigenvalue weighted by molar-refractivity contribution is 7.98. The first-order chi connectivity index (χ1) is 13.8. The molecule has 177 valence electrons. The molecular weight excluding hydrogens is 421 g/mol. The molecule has 3 nitrogen and oxygen atoms in total. The van der Waals surface area contributed by atoms with Crippen LogP contribution in [0.5, 0.6) is 0 Å². The van der Waals surface area contributed by atoms with Gasteiger partial charge in [0.05, 0.1) is 0 Å². The van der Waals surface area contributed by atoms with Gasteiger partial charge in [-0.05, 0) is 51.7 Å². The summed E-state index contributed by atoms with van der Waals surface area (Å²) in [6.45, 7) is 28.9. The summed E-state index contributed by atoms with van der Waals surface area (Å²) in [6, 6.07) is 0.333. The Morgan fingerprint density at radius 3 is 1.57 bits per heavy atom. The molecule has 1 unspecified atom stereocenters. The Morgan fingerprint density at radius 2 is 1.23 bits per heavy atom. The zero-order chi connectivity index (χ0) is 23.4. The minimum atomic E-state index is -2.01. The van der Waals surface area contributed by atoms with Crippen LogP contribution in [0.4, 0.5) is 0 Å². The normalized spacial score (nSPS) is 21.8. The third kappa shape index (κ3) is 5.27. The number of thioether (sulfide) groups is 1. The Labute approximate surface area is 196 Å². The molecule has 1 heterocycles. The van der Waals surface area contributed by atoms with Crippen molar-refractivity contribution < 1.29 is 9.08 Å². The van der Waals surface area contributed by atoms with Gasteiger partial charge in [0.1, 0.15) is 14.5 Å². The SMILES string of the molecule is CSCC[C@H]1C(O[Si](C(C)C)(C(C)C)C(C)C)O[B]N1[Si](C(C)C)(C(C)C)C(C)C. The van der Waals surface area contributed by atoms with Crippen molar-refractivity contribution >= 4 is 35.9 Å². The first kappa shape index (κ1) is 28.8. The third-order valence-corrected chi connectivity index (χ3v) is 21.4. The second-order valence-corrected chi connectivity index (χ2v) is 23.3. The molecule has 0 aromatic heterocycles. The maximum atomic E-state index is 7.21. The summed E-state index contributed by atoms with van der Waals surface area (Å²) in [5.74, 6) is 1.15. The lowest BCUT2D eigenvalue weighted by molar-refractivity contribution is -0.0133. The minimum absolute atomic E-state index is 0.126. The fourth-order valence-corrected chi connectivity index (χ4v) is 19.7. The average molecular weight is 473 g/mol. The van der Waals surface area contributed by atoms with Crippen LogP contribution < -0.4 is 0 Å². The fourth-order valence-electron chi connectivity index (χ4n) is 6.93. The van der Waals surface area contributed by atoms with Gasteiger partial charge in [-0.2, -0.15) is 11.8 Å². The van der Waals surface area contributed by atoms with Crippen LogP contribution in [0.15, 0.2) is 0 Å². The zero-order valence-electron chi connectivity index (χ0n) is 22.3. The summed E-state index contributed by atoms with van der Waals surface area (Å²) in [5, 5.41) is 0. The van der Waals surface area contributed by atoms with Crippen molar-refractivity contribution in [3.63, 3.8) is 0 Å². The topological polar surface area (TPSA) is 21.7 Å². The predicted octanol–water partition coefficient (Wildman–Crippen LogP) is 7.67. The van der Waals surface area contributed by atoms with E-state index in [0.717, 1.165) is 12.2 Å². The molecule has 1 saturated heterocycles. The number of hydrogen-bond donors (Lipinski definition) is 0. The Bertz CT molecular complexity index is 474. The molecule has 0 bridgehead atoms. The maximum Gasteiger partial charge on any atom is 0.393 e. The van der Waals surface area contributed by atoms with E-state index in [0.29, 0.717) is 39.3 Å². The highest BCUT2D eigenvalue weighted by Gasteiger charge is 2.57. The minimum Gasteiger partial charge on any atom is -0.399 e. The van der Waals surface area contributed by atoms with Gasteiger partial charge in [-0.15, -0.1) is 0 Å². The summed E-state index contributed by atoms with van der Waals surface area (Å²) in [5.41, 5.74) is 3.69. The third-order valence-electron chi connectivity index (χ3n) is 7.85. The van der Waals surface area contributed by atoms with Crippen LogP contribution in [0.1, 0.15) is 89.5 Å². The lowest BCUT2D eigenvalue weighted by atomic mass is 10.2. The Morgan fingerprint density at radius 1 is 0.800 bits per heavy atom. The molecular formula is C23H51BNO2SSi2. The summed E-state index contributed by atoms with van der Waals surface area (Å²) in [7, 11) is -1.72. The zero-order valence-corrected chi connectivity index (χ0v) is 25.1. The maximum absolute atomic E-state index is 7.21. The van der Waals surface area contributed by atoms with E-state index < -0.39 is 16.6 Å². The van der Waals surface area contributed by atoms with E-state index in [4.69, 9.17) is 9.08 Å². The van der Waals surface area contributed by atoms with Gasteiger partial charge in [0, 0.05) is 6.04 Å². The van der Waals surface area contributed by atoms with Crippen LogP contribution in [0.25, 0.3) is 0 Å². The summed E-state index contributed by atoms with van der Waals surface area (Å²) in [6.07, 6.45) is 3.22. The van der Waals surface area contributed by atoms with Gasteiger partial charge in [0.25, 0.3) is 0 Å². The van der Waals surface area contributed by atoms with Gasteiger partial charge in [0.2, 0.25) is 8.32 Å². The monoisotopic (exact) mass is 472 g/mol. The second kappa shape index (κ2) is 11.7. The Balaban J connectivity index is 3.43. The largest absolute Gasteiger partial charge is 0.399 e. The summed E-state index contributed by atoms with van der Waals surface area (Å²) >= 11 is 1.94. The molecule has 0 aromatic carbocycles. The van der Waals surface area contributed by atoms with E-state index in [1.165, 1.54) is 0 Å². The van der Waals surface area contributed by atoms with Crippen LogP contribution >= 0.6 is 11.8 Å². The molecule has 0 spiro atoms. The molecule has 0 amide bonds. The van der Waals surface area contributed by atoms with Crippen LogP contribution in [0.2, 0.25) is 33.2 Å². The van der Waals surface area contributed by atoms with Gasteiger partial charge in [0.15, 0.2) is 0 Å². The summed E-state index contributed by atoms with van der Waals surface area (Å²) in [4.78, 5) is 0. The van der Waals surface area contributed by atoms with Gasteiger partial charge >= 0.3 is 7.62 Å². The predicted molar refractivity (Wildman–Crippen MR) is 142 cm³/mol. The molecule has 1 aliphatic heterocycles. The molecule has 1 radical (unpaired) electrons.